The first kappa shape index (κ1) is 13.1. The molecule has 1 heterocycles. The van der Waals surface area contributed by atoms with Gasteiger partial charge in [-0.1, -0.05) is 0 Å². The lowest BCUT2D eigenvalue weighted by Crippen LogP contribution is -2.28. The van der Waals surface area contributed by atoms with Crippen molar-refractivity contribution < 1.29 is 19.2 Å². The van der Waals surface area contributed by atoms with Crippen LogP contribution in [0.1, 0.15) is 41.7 Å². The predicted octanol–water partition coefficient (Wildman–Crippen LogP) is -2.52. The van der Waals surface area contributed by atoms with Crippen LogP contribution in [0, 0.1) is 0 Å². The maximum absolute atomic E-state index is 11.1. The smallest absolute Gasteiger partial charge is 0.268 e. The molecule has 0 saturated carbocycles. The normalized spacial score (nSPS) is 9.78. The molecule has 8 N–H and O–H groups in total. The van der Waals surface area contributed by atoms with Gasteiger partial charge >= 0.3 is 0 Å². The molecule has 0 fully saturated rings. The highest BCUT2D eigenvalue weighted by atomic mass is 16.2. The molecular weight excluding hydrogens is 242 g/mol. The summed E-state index contributed by atoms with van der Waals surface area (Å²) in [6.45, 7) is 0. The number of hydrogen-bond donors (Lipinski definition) is 4. The van der Waals surface area contributed by atoms with Gasteiger partial charge in [-0.15, -0.1) is 0 Å². The fourth-order valence-electron chi connectivity index (χ4n) is 1.26. The molecular formula is C9H9N5O4. The number of hydrogen-bond acceptors (Lipinski definition) is 5. The van der Waals surface area contributed by atoms with Gasteiger partial charge in [-0.3, -0.25) is 19.2 Å². The highest BCUT2D eigenvalue weighted by molar-refractivity contribution is 6.10. The van der Waals surface area contributed by atoms with E-state index in [4.69, 9.17) is 22.9 Å². The van der Waals surface area contributed by atoms with Crippen LogP contribution in [0.15, 0.2) is 6.07 Å². The molecule has 94 valence electrons. The average molecular weight is 251 g/mol. The van der Waals surface area contributed by atoms with Crippen molar-refractivity contribution in [3.8, 4) is 0 Å². The van der Waals surface area contributed by atoms with Crippen LogP contribution in [0.5, 0.6) is 0 Å². The Morgan fingerprint density at radius 3 is 1.28 bits per heavy atom. The Kier molecular flexibility index (Phi) is 3.27. The number of carbonyl (C=O) groups excluding carboxylic acids is 4. The van der Waals surface area contributed by atoms with E-state index < -0.39 is 46.1 Å². The van der Waals surface area contributed by atoms with E-state index in [0.717, 1.165) is 6.07 Å². The fraction of sp³-hybridized carbons (Fsp3) is 0. The second kappa shape index (κ2) is 4.49. The zero-order valence-electron chi connectivity index (χ0n) is 8.97. The summed E-state index contributed by atoms with van der Waals surface area (Å²) in [6, 6.07) is 0.859. The number of nitrogens with zero attached hydrogens (tertiary/aromatic N) is 1. The first-order valence-corrected chi connectivity index (χ1v) is 4.50. The Hall–Kier alpha value is -2.97. The lowest BCUT2D eigenvalue weighted by molar-refractivity contribution is 0.0949. The molecule has 1 rings (SSSR count). The minimum Gasteiger partial charge on any atom is -0.366 e. The number of pyridine rings is 1. The molecule has 0 radical (unpaired) electrons. The van der Waals surface area contributed by atoms with Gasteiger partial charge in [0.2, 0.25) is 0 Å². The molecule has 0 bridgehead atoms. The number of primary amides is 4. The van der Waals surface area contributed by atoms with E-state index in [1.165, 1.54) is 0 Å². The van der Waals surface area contributed by atoms with Crippen LogP contribution in [0.2, 0.25) is 0 Å². The molecule has 1 aromatic heterocycles. The van der Waals surface area contributed by atoms with Crippen molar-refractivity contribution in [2.24, 2.45) is 22.9 Å². The van der Waals surface area contributed by atoms with Crippen LogP contribution < -0.4 is 22.9 Å². The predicted molar refractivity (Wildman–Crippen MR) is 58.3 cm³/mol. The molecule has 0 aliphatic rings. The van der Waals surface area contributed by atoms with Crippen LogP contribution in [-0.2, 0) is 0 Å². The summed E-state index contributed by atoms with van der Waals surface area (Å²) in [4.78, 5) is 47.8. The van der Waals surface area contributed by atoms with Crippen molar-refractivity contribution in [1.29, 1.82) is 0 Å². The highest BCUT2D eigenvalue weighted by Gasteiger charge is 2.23. The molecule has 9 nitrogen and oxygen atoms in total. The van der Waals surface area contributed by atoms with Gasteiger partial charge in [0.05, 0.1) is 11.1 Å². The topological polar surface area (TPSA) is 185 Å². The Morgan fingerprint density at radius 2 is 1.06 bits per heavy atom. The van der Waals surface area contributed by atoms with Gasteiger partial charge in [-0.05, 0) is 6.07 Å². The van der Waals surface area contributed by atoms with Crippen molar-refractivity contribution >= 4 is 23.6 Å². The summed E-state index contributed by atoms with van der Waals surface area (Å²) >= 11 is 0. The standard InChI is InChI=1S/C9H9N5O4/c10-6(15)2-1-3(7(11)16)5(9(13)18)14-4(2)8(12)17/h1H,(H2,10,15)(H2,11,16)(H2,12,17)(H2,13,18). The van der Waals surface area contributed by atoms with E-state index in [-0.39, 0.29) is 0 Å². The Morgan fingerprint density at radius 1 is 0.722 bits per heavy atom. The Labute approximate surface area is 100 Å². The van der Waals surface area contributed by atoms with Crippen LogP contribution >= 0.6 is 0 Å². The number of rotatable bonds is 4. The first-order valence-electron chi connectivity index (χ1n) is 4.50. The number of amides is 4. The third kappa shape index (κ3) is 2.24. The fourth-order valence-corrected chi connectivity index (χ4v) is 1.26. The van der Waals surface area contributed by atoms with Gasteiger partial charge in [-0.2, -0.15) is 0 Å². The van der Waals surface area contributed by atoms with Crippen molar-refractivity contribution in [3.63, 3.8) is 0 Å². The van der Waals surface area contributed by atoms with E-state index in [1.807, 2.05) is 0 Å². The van der Waals surface area contributed by atoms with Gasteiger partial charge in [0.1, 0.15) is 11.4 Å². The third-order valence-corrected chi connectivity index (χ3v) is 2.02. The minimum atomic E-state index is -1.10. The van der Waals surface area contributed by atoms with E-state index in [2.05, 4.69) is 4.98 Å². The number of carbonyl (C=O) groups is 4. The molecule has 18 heavy (non-hydrogen) atoms. The lowest BCUT2D eigenvalue weighted by Gasteiger charge is -2.08. The van der Waals surface area contributed by atoms with E-state index >= 15 is 0 Å². The summed E-state index contributed by atoms with van der Waals surface area (Å²) in [6.07, 6.45) is 0. The van der Waals surface area contributed by atoms with Gasteiger partial charge in [0.15, 0.2) is 0 Å². The van der Waals surface area contributed by atoms with Crippen LogP contribution in [0.25, 0.3) is 0 Å². The quantitative estimate of drug-likeness (QED) is 0.458. The monoisotopic (exact) mass is 251 g/mol. The summed E-state index contributed by atoms with van der Waals surface area (Å²) in [7, 11) is 0. The second-order valence-corrected chi connectivity index (χ2v) is 3.24. The zero-order chi connectivity index (χ0) is 14.0. The van der Waals surface area contributed by atoms with Crippen molar-refractivity contribution in [2.45, 2.75) is 0 Å². The highest BCUT2D eigenvalue weighted by Crippen LogP contribution is 2.13. The van der Waals surface area contributed by atoms with Gasteiger partial charge < -0.3 is 22.9 Å². The van der Waals surface area contributed by atoms with E-state index in [9.17, 15) is 19.2 Å². The molecule has 0 spiro atoms. The summed E-state index contributed by atoms with van der Waals surface area (Å²) in [5, 5.41) is 0. The number of aromatic nitrogens is 1. The SMILES string of the molecule is NC(=O)c1cc(C(N)=O)c(C(N)=O)nc1C(N)=O. The number of nitrogens with two attached hydrogens (primary N) is 4. The largest absolute Gasteiger partial charge is 0.366 e. The zero-order valence-corrected chi connectivity index (χ0v) is 8.97. The van der Waals surface area contributed by atoms with Gasteiger partial charge in [0.25, 0.3) is 23.6 Å². The van der Waals surface area contributed by atoms with E-state index in [1.54, 1.807) is 0 Å². The van der Waals surface area contributed by atoms with E-state index in [0.29, 0.717) is 0 Å². The molecule has 0 unspecified atom stereocenters. The lowest BCUT2D eigenvalue weighted by atomic mass is 10.1. The molecule has 0 aromatic carbocycles. The molecule has 4 amide bonds. The summed E-state index contributed by atoms with van der Waals surface area (Å²) in [5.74, 6) is -4.28. The molecule has 0 aliphatic heterocycles. The molecule has 0 aliphatic carbocycles. The molecule has 9 heteroatoms. The molecule has 1 aromatic rings. The maximum atomic E-state index is 11.1. The minimum absolute atomic E-state index is 0.415. The van der Waals surface area contributed by atoms with Crippen molar-refractivity contribution in [2.75, 3.05) is 0 Å². The van der Waals surface area contributed by atoms with Crippen LogP contribution in [0.4, 0.5) is 0 Å². The maximum Gasteiger partial charge on any atom is 0.268 e. The van der Waals surface area contributed by atoms with Gasteiger partial charge in [0, 0.05) is 0 Å². The summed E-state index contributed by atoms with van der Waals surface area (Å²) < 4.78 is 0. The summed E-state index contributed by atoms with van der Waals surface area (Å²) in [5.41, 5.74) is 18.0. The third-order valence-electron chi connectivity index (χ3n) is 2.02. The Bertz CT molecular complexity index is 482. The first-order chi connectivity index (χ1) is 8.25. The average Bonchev–Trinajstić information content (AvgIpc) is 2.26. The molecule has 0 saturated heterocycles. The second-order valence-electron chi connectivity index (χ2n) is 3.24. The molecule has 0 atom stereocenters. The van der Waals surface area contributed by atoms with Crippen molar-refractivity contribution in [1.82, 2.24) is 4.98 Å². The van der Waals surface area contributed by atoms with Gasteiger partial charge in [-0.25, -0.2) is 4.98 Å². The Balaban J connectivity index is 3.71. The van der Waals surface area contributed by atoms with Crippen LogP contribution in [-0.4, -0.2) is 28.6 Å². The van der Waals surface area contributed by atoms with Crippen molar-refractivity contribution in [3.05, 3.63) is 28.6 Å². The van der Waals surface area contributed by atoms with Crippen LogP contribution in [0.3, 0.4) is 0 Å².